The predicted octanol–water partition coefficient (Wildman–Crippen LogP) is 2.79. The van der Waals surface area contributed by atoms with Crippen molar-refractivity contribution < 1.29 is 18.3 Å². The Morgan fingerprint density at radius 2 is 2.07 bits per heavy atom. The topological polar surface area (TPSA) is 26.3 Å². The van der Waals surface area contributed by atoms with Crippen LogP contribution in [0, 0.1) is 0 Å². The SMILES string of the molecule is O=C(CBr)Cc1ccccc1OC(F)F. The van der Waals surface area contributed by atoms with Crippen LogP contribution in [0.3, 0.4) is 0 Å². The quantitative estimate of drug-likeness (QED) is 0.775. The Bertz CT molecular complexity index is 342. The van der Waals surface area contributed by atoms with Crippen LogP contribution in [-0.4, -0.2) is 17.7 Å². The summed E-state index contributed by atoms with van der Waals surface area (Å²) in [4.78, 5) is 11.1. The lowest BCUT2D eigenvalue weighted by Crippen LogP contribution is -2.08. The largest absolute Gasteiger partial charge is 0.435 e. The lowest BCUT2D eigenvalue weighted by atomic mass is 10.1. The summed E-state index contributed by atoms with van der Waals surface area (Å²) in [5.74, 6) is -0.0258. The van der Waals surface area contributed by atoms with Crippen molar-refractivity contribution in [1.82, 2.24) is 0 Å². The number of alkyl halides is 3. The van der Waals surface area contributed by atoms with Gasteiger partial charge in [-0.3, -0.25) is 4.79 Å². The number of para-hydroxylation sites is 1. The number of hydrogen-bond acceptors (Lipinski definition) is 2. The third kappa shape index (κ3) is 3.95. The van der Waals surface area contributed by atoms with Crippen LogP contribution in [0.2, 0.25) is 0 Å². The Balaban J connectivity index is 2.81. The number of benzene rings is 1. The molecular weight excluding hydrogens is 270 g/mol. The van der Waals surface area contributed by atoms with E-state index in [2.05, 4.69) is 20.7 Å². The molecule has 0 fully saturated rings. The van der Waals surface area contributed by atoms with Crippen LogP contribution in [-0.2, 0) is 11.2 Å². The van der Waals surface area contributed by atoms with Crippen LogP contribution in [0.1, 0.15) is 5.56 Å². The van der Waals surface area contributed by atoms with Crippen molar-refractivity contribution in [3.05, 3.63) is 29.8 Å². The van der Waals surface area contributed by atoms with Crippen LogP contribution in [0.5, 0.6) is 5.75 Å². The maximum absolute atomic E-state index is 12.0. The number of carbonyl (C=O) groups is 1. The third-order valence-corrected chi connectivity index (χ3v) is 2.35. The van der Waals surface area contributed by atoms with E-state index in [1.165, 1.54) is 6.07 Å². The van der Waals surface area contributed by atoms with Crippen LogP contribution < -0.4 is 4.74 Å². The molecule has 82 valence electrons. The van der Waals surface area contributed by atoms with Gasteiger partial charge in [-0.05, 0) is 6.07 Å². The van der Waals surface area contributed by atoms with Gasteiger partial charge in [0.2, 0.25) is 0 Å². The Morgan fingerprint density at radius 3 is 2.67 bits per heavy atom. The Hall–Kier alpha value is -0.970. The molecule has 0 aliphatic rings. The second kappa shape index (κ2) is 5.80. The lowest BCUT2D eigenvalue weighted by Gasteiger charge is -2.09. The fourth-order valence-corrected chi connectivity index (χ4v) is 1.32. The fraction of sp³-hybridized carbons (Fsp3) is 0.300. The second-order valence-corrected chi connectivity index (χ2v) is 3.40. The lowest BCUT2D eigenvalue weighted by molar-refractivity contribution is -0.116. The molecule has 0 unspecified atom stereocenters. The molecule has 0 saturated heterocycles. The van der Waals surface area contributed by atoms with Crippen molar-refractivity contribution in [2.75, 3.05) is 5.33 Å². The summed E-state index contributed by atoms with van der Waals surface area (Å²) in [6.07, 6.45) is 0.0914. The normalized spacial score (nSPS) is 10.4. The van der Waals surface area contributed by atoms with Crippen LogP contribution in [0.25, 0.3) is 0 Å². The minimum absolute atomic E-state index is 0.0572. The van der Waals surface area contributed by atoms with Gasteiger partial charge in [0.1, 0.15) is 11.5 Å². The number of halogens is 3. The first kappa shape index (κ1) is 12.1. The molecule has 0 N–H and O–H groups in total. The highest BCUT2D eigenvalue weighted by atomic mass is 79.9. The van der Waals surface area contributed by atoms with Gasteiger partial charge in [0.05, 0.1) is 5.33 Å². The van der Waals surface area contributed by atoms with Gasteiger partial charge in [-0.15, -0.1) is 0 Å². The maximum atomic E-state index is 12.0. The number of rotatable bonds is 5. The van der Waals surface area contributed by atoms with E-state index in [9.17, 15) is 13.6 Å². The molecule has 0 aliphatic carbocycles. The molecule has 5 heteroatoms. The van der Waals surface area contributed by atoms with Crippen LogP contribution >= 0.6 is 15.9 Å². The molecule has 1 rings (SSSR count). The van der Waals surface area contributed by atoms with Gasteiger partial charge in [-0.2, -0.15) is 8.78 Å². The van der Waals surface area contributed by atoms with E-state index in [0.29, 0.717) is 5.56 Å². The molecule has 0 atom stereocenters. The zero-order valence-electron chi connectivity index (χ0n) is 7.75. The number of Topliss-reactive ketones (excluding diaryl/α,β-unsaturated/α-hetero) is 1. The van der Waals surface area contributed by atoms with Gasteiger partial charge in [0.15, 0.2) is 0 Å². The summed E-state index contributed by atoms with van der Waals surface area (Å²) in [7, 11) is 0. The molecule has 15 heavy (non-hydrogen) atoms. The Morgan fingerprint density at radius 1 is 1.40 bits per heavy atom. The van der Waals surface area contributed by atoms with Crippen LogP contribution in [0.15, 0.2) is 24.3 Å². The van der Waals surface area contributed by atoms with Crippen molar-refractivity contribution in [2.45, 2.75) is 13.0 Å². The highest BCUT2D eigenvalue weighted by Gasteiger charge is 2.11. The van der Waals surface area contributed by atoms with E-state index in [4.69, 9.17) is 0 Å². The van der Waals surface area contributed by atoms with Crippen LogP contribution in [0.4, 0.5) is 8.78 Å². The minimum atomic E-state index is -2.87. The van der Waals surface area contributed by atoms with E-state index < -0.39 is 6.61 Å². The molecule has 0 saturated carbocycles. The summed E-state index contributed by atoms with van der Waals surface area (Å²) in [6, 6.07) is 6.27. The first-order valence-electron chi connectivity index (χ1n) is 4.24. The van der Waals surface area contributed by atoms with E-state index >= 15 is 0 Å². The van der Waals surface area contributed by atoms with E-state index in [1.54, 1.807) is 18.2 Å². The van der Waals surface area contributed by atoms with E-state index in [0.717, 1.165) is 0 Å². The Kier molecular flexibility index (Phi) is 4.68. The van der Waals surface area contributed by atoms with Gasteiger partial charge in [0, 0.05) is 12.0 Å². The predicted molar refractivity (Wildman–Crippen MR) is 55.6 cm³/mol. The highest BCUT2D eigenvalue weighted by Crippen LogP contribution is 2.20. The van der Waals surface area contributed by atoms with Gasteiger partial charge in [-0.1, -0.05) is 34.1 Å². The fourth-order valence-electron chi connectivity index (χ4n) is 1.12. The summed E-state index contributed by atoms with van der Waals surface area (Å²) in [6.45, 7) is -2.87. The van der Waals surface area contributed by atoms with Crippen molar-refractivity contribution in [3.63, 3.8) is 0 Å². The van der Waals surface area contributed by atoms with Gasteiger partial charge < -0.3 is 4.74 Å². The average molecular weight is 279 g/mol. The van der Waals surface area contributed by atoms with Crippen molar-refractivity contribution in [1.29, 1.82) is 0 Å². The smallest absolute Gasteiger partial charge is 0.387 e. The van der Waals surface area contributed by atoms with Gasteiger partial charge in [0.25, 0.3) is 0 Å². The molecule has 1 aromatic rings. The number of carbonyl (C=O) groups excluding carboxylic acids is 1. The molecule has 0 aromatic heterocycles. The number of hydrogen-bond donors (Lipinski definition) is 0. The first-order valence-corrected chi connectivity index (χ1v) is 5.36. The standard InChI is InChI=1S/C10H9BrF2O2/c11-6-8(14)5-7-3-1-2-4-9(7)15-10(12)13/h1-4,10H,5-6H2. The molecule has 0 aliphatic heterocycles. The molecule has 0 heterocycles. The summed E-state index contributed by atoms with van der Waals surface area (Å²) in [5.41, 5.74) is 0.474. The molecule has 1 aromatic carbocycles. The Labute approximate surface area is 94.4 Å². The monoisotopic (exact) mass is 278 g/mol. The summed E-state index contributed by atoms with van der Waals surface area (Å²) in [5, 5.41) is 0.204. The van der Waals surface area contributed by atoms with Crippen molar-refractivity contribution >= 4 is 21.7 Å². The highest BCUT2D eigenvalue weighted by molar-refractivity contribution is 9.09. The van der Waals surface area contributed by atoms with Gasteiger partial charge in [-0.25, -0.2) is 0 Å². The molecular formula is C10H9BrF2O2. The molecule has 2 nitrogen and oxygen atoms in total. The summed E-state index contributed by atoms with van der Waals surface area (Å²) < 4.78 is 28.3. The number of ether oxygens (including phenoxy) is 1. The average Bonchev–Trinajstić information content (AvgIpc) is 2.20. The molecule has 0 bridgehead atoms. The minimum Gasteiger partial charge on any atom is -0.435 e. The zero-order chi connectivity index (χ0) is 11.3. The molecule has 0 spiro atoms. The zero-order valence-corrected chi connectivity index (χ0v) is 9.34. The number of ketones is 1. The van der Waals surface area contributed by atoms with E-state index in [-0.39, 0.29) is 23.3 Å². The van der Waals surface area contributed by atoms with E-state index in [1.807, 2.05) is 0 Å². The molecule has 0 amide bonds. The molecule has 0 radical (unpaired) electrons. The van der Waals surface area contributed by atoms with Gasteiger partial charge >= 0.3 is 6.61 Å². The third-order valence-electron chi connectivity index (χ3n) is 1.73. The van der Waals surface area contributed by atoms with Crippen molar-refractivity contribution in [2.24, 2.45) is 0 Å². The maximum Gasteiger partial charge on any atom is 0.387 e. The summed E-state index contributed by atoms with van der Waals surface area (Å²) >= 11 is 3.01. The second-order valence-electron chi connectivity index (χ2n) is 2.84. The first-order chi connectivity index (χ1) is 7.13. The van der Waals surface area contributed by atoms with Crippen molar-refractivity contribution in [3.8, 4) is 5.75 Å².